The topological polar surface area (TPSA) is 30.5 Å². The Balaban J connectivity index is 2.33. The molecule has 2 rings (SSSR count). The number of methoxy groups -OCH3 is 2. The Bertz CT molecular complexity index is 446. The lowest BCUT2D eigenvalue weighted by Crippen LogP contribution is -2.31. The molecule has 1 N–H and O–H groups in total. The van der Waals surface area contributed by atoms with E-state index >= 15 is 0 Å². The number of benzene rings is 1. The minimum absolute atomic E-state index is 0.236. The van der Waals surface area contributed by atoms with Crippen LogP contribution in [0.3, 0.4) is 0 Å². The zero-order chi connectivity index (χ0) is 13.8. The molecule has 0 saturated carbocycles. The van der Waals surface area contributed by atoms with Crippen molar-refractivity contribution in [2.45, 2.75) is 19.3 Å². The van der Waals surface area contributed by atoms with Gasteiger partial charge >= 0.3 is 0 Å². The second kappa shape index (κ2) is 6.19. The maximum Gasteiger partial charge on any atom is 0.167 e. The predicted molar refractivity (Wildman–Crippen MR) is 68.8 cm³/mol. The third kappa shape index (κ3) is 2.97. The van der Waals surface area contributed by atoms with E-state index in [4.69, 9.17) is 9.47 Å². The molecule has 1 atom stereocenters. The molecular formula is C14H19F2NO2. The van der Waals surface area contributed by atoms with Gasteiger partial charge in [-0.15, -0.1) is 0 Å². The largest absolute Gasteiger partial charge is 0.493 e. The van der Waals surface area contributed by atoms with Crippen LogP contribution in [0.1, 0.15) is 18.4 Å². The number of ether oxygens (including phenoxy) is 2. The van der Waals surface area contributed by atoms with Crippen LogP contribution in [0.2, 0.25) is 0 Å². The second-order valence-electron chi connectivity index (χ2n) is 4.80. The SMILES string of the molecule is COc1cc(F)c(F)c(CC2CCCNC2)c1OC. The number of piperidine rings is 1. The summed E-state index contributed by atoms with van der Waals surface area (Å²) >= 11 is 0. The van der Waals surface area contributed by atoms with Gasteiger partial charge in [-0.3, -0.25) is 0 Å². The first-order valence-electron chi connectivity index (χ1n) is 6.47. The summed E-state index contributed by atoms with van der Waals surface area (Å²) in [6, 6.07) is 1.02. The summed E-state index contributed by atoms with van der Waals surface area (Å²) < 4.78 is 37.8. The molecule has 1 aliphatic rings. The van der Waals surface area contributed by atoms with Crippen molar-refractivity contribution >= 4 is 0 Å². The van der Waals surface area contributed by atoms with E-state index in [1.807, 2.05) is 0 Å². The van der Waals surface area contributed by atoms with Crippen molar-refractivity contribution in [3.05, 3.63) is 23.3 Å². The summed E-state index contributed by atoms with van der Waals surface area (Å²) in [4.78, 5) is 0. The Hall–Kier alpha value is -1.36. The zero-order valence-corrected chi connectivity index (χ0v) is 11.3. The molecule has 1 fully saturated rings. The van der Waals surface area contributed by atoms with Gasteiger partial charge in [0.05, 0.1) is 14.2 Å². The predicted octanol–water partition coefficient (Wildman–Crippen LogP) is 2.52. The van der Waals surface area contributed by atoms with Crippen LogP contribution in [0.5, 0.6) is 11.5 Å². The van der Waals surface area contributed by atoms with Gasteiger partial charge in [0.15, 0.2) is 23.1 Å². The third-order valence-corrected chi connectivity index (χ3v) is 3.55. The van der Waals surface area contributed by atoms with Crippen molar-refractivity contribution in [1.82, 2.24) is 5.32 Å². The molecule has 19 heavy (non-hydrogen) atoms. The summed E-state index contributed by atoms with van der Waals surface area (Å²) in [6.07, 6.45) is 2.52. The van der Waals surface area contributed by atoms with Gasteiger partial charge < -0.3 is 14.8 Å². The van der Waals surface area contributed by atoms with E-state index in [0.29, 0.717) is 18.1 Å². The highest BCUT2D eigenvalue weighted by Crippen LogP contribution is 2.36. The Morgan fingerprint density at radius 3 is 2.68 bits per heavy atom. The lowest BCUT2D eigenvalue weighted by molar-refractivity contribution is 0.328. The van der Waals surface area contributed by atoms with Gasteiger partial charge in [0.2, 0.25) is 0 Å². The van der Waals surface area contributed by atoms with Crippen LogP contribution in [0.25, 0.3) is 0 Å². The van der Waals surface area contributed by atoms with Crippen LogP contribution in [0.15, 0.2) is 6.07 Å². The molecule has 0 spiro atoms. The van der Waals surface area contributed by atoms with Crippen LogP contribution in [-0.4, -0.2) is 27.3 Å². The van der Waals surface area contributed by atoms with Crippen molar-refractivity contribution in [3.63, 3.8) is 0 Å². The molecule has 0 bridgehead atoms. The van der Waals surface area contributed by atoms with Crippen molar-refractivity contribution in [3.8, 4) is 11.5 Å². The van der Waals surface area contributed by atoms with Gasteiger partial charge in [-0.25, -0.2) is 8.78 Å². The molecule has 1 saturated heterocycles. The zero-order valence-electron chi connectivity index (χ0n) is 11.3. The summed E-state index contributed by atoms with van der Waals surface area (Å²) in [7, 11) is 2.86. The van der Waals surface area contributed by atoms with Crippen molar-refractivity contribution < 1.29 is 18.3 Å². The smallest absolute Gasteiger partial charge is 0.167 e. The molecule has 0 radical (unpaired) electrons. The number of hydrogen-bond acceptors (Lipinski definition) is 3. The molecule has 1 heterocycles. The Morgan fingerprint density at radius 2 is 2.11 bits per heavy atom. The normalized spacial score (nSPS) is 19.3. The molecule has 3 nitrogen and oxygen atoms in total. The fourth-order valence-electron chi connectivity index (χ4n) is 2.58. The van der Waals surface area contributed by atoms with Gasteiger partial charge in [0.1, 0.15) is 0 Å². The number of nitrogens with one attached hydrogen (secondary N) is 1. The molecular weight excluding hydrogens is 252 g/mol. The van der Waals surface area contributed by atoms with E-state index in [1.54, 1.807) is 0 Å². The molecule has 1 aromatic carbocycles. The van der Waals surface area contributed by atoms with E-state index in [-0.39, 0.29) is 11.3 Å². The van der Waals surface area contributed by atoms with Crippen LogP contribution in [0.4, 0.5) is 8.78 Å². The maximum atomic E-state index is 14.0. The Morgan fingerprint density at radius 1 is 1.32 bits per heavy atom. The first-order valence-corrected chi connectivity index (χ1v) is 6.47. The second-order valence-corrected chi connectivity index (χ2v) is 4.80. The van der Waals surface area contributed by atoms with Crippen LogP contribution < -0.4 is 14.8 Å². The minimum atomic E-state index is -0.892. The summed E-state index contributed by atoms with van der Waals surface area (Å²) in [5, 5.41) is 3.27. The highest BCUT2D eigenvalue weighted by atomic mass is 19.2. The first-order chi connectivity index (χ1) is 9.17. The lowest BCUT2D eigenvalue weighted by atomic mass is 9.91. The summed E-state index contributed by atoms with van der Waals surface area (Å²) in [5.41, 5.74) is 0.271. The average Bonchev–Trinajstić information content (AvgIpc) is 2.44. The molecule has 5 heteroatoms. The van der Waals surface area contributed by atoms with Gasteiger partial charge in [0.25, 0.3) is 0 Å². The van der Waals surface area contributed by atoms with E-state index in [1.165, 1.54) is 14.2 Å². The Labute approximate surface area is 111 Å². The molecule has 1 unspecified atom stereocenters. The fraction of sp³-hybridized carbons (Fsp3) is 0.571. The average molecular weight is 271 g/mol. The van der Waals surface area contributed by atoms with Crippen molar-refractivity contribution in [1.29, 1.82) is 0 Å². The van der Waals surface area contributed by atoms with E-state index in [9.17, 15) is 8.78 Å². The molecule has 1 aromatic rings. The van der Waals surface area contributed by atoms with Gasteiger partial charge in [-0.2, -0.15) is 0 Å². The Kier molecular flexibility index (Phi) is 4.58. The van der Waals surface area contributed by atoms with Crippen LogP contribution >= 0.6 is 0 Å². The monoisotopic (exact) mass is 271 g/mol. The number of hydrogen-bond donors (Lipinski definition) is 1. The fourth-order valence-corrected chi connectivity index (χ4v) is 2.58. The lowest BCUT2D eigenvalue weighted by Gasteiger charge is -2.24. The van der Waals surface area contributed by atoms with E-state index in [0.717, 1.165) is 32.0 Å². The molecule has 1 aliphatic heterocycles. The van der Waals surface area contributed by atoms with Gasteiger partial charge in [-0.1, -0.05) is 0 Å². The molecule has 0 amide bonds. The van der Waals surface area contributed by atoms with Crippen molar-refractivity contribution in [2.24, 2.45) is 5.92 Å². The molecule has 0 aliphatic carbocycles. The number of halogens is 2. The van der Waals surface area contributed by atoms with Gasteiger partial charge in [-0.05, 0) is 38.3 Å². The quantitative estimate of drug-likeness (QED) is 0.912. The highest BCUT2D eigenvalue weighted by Gasteiger charge is 2.23. The third-order valence-electron chi connectivity index (χ3n) is 3.55. The minimum Gasteiger partial charge on any atom is -0.493 e. The van der Waals surface area contributed by atoms with Gasteiger partial charge in [0, 0.05) is 11.6 Å². The number of rotatable bonds is 4. The standard InChI is InChI=1S/C14H19F2NO2/c1-18-12-7-11(15)13(16)10(14(12)19-2)6-9-4-3-5-17-8-9/h7,9,17H,3-6,8H2,1-2H3. The van der Waals surface area contributed by atoms with Crippen LogP contribution in [-0.2, 0) is 6.42 Å². The van der Waals surface area contributed by atoms with Crippen molar-refractivity contribution in [2.75, 3.05) is 27.3 Å². The summed E-state index contributed by atoms with van der Waals surface area (Å²) in [5.74, 6) is -0.893. The molecule has 106 valence electrons. The molecule has 0 aromatic heterocycles. The highest BCUT2D eigenvalue weighted by molar-refractivity contribution is 5.48. The van der Waals surface area contributed by atoms with E-state index < -0.39 is 11.6 Å². The van der Waals surface area contributed by atoms with E-state index in [2.05, 4.69) is 5.32 Å². The van der Waals surface area contributed by atoms with Crippen LogP contribution in [0, 0.1) is 17.6 Å². The summed E-state index contributed by atoms with van der Waals surface area (Å²) in [6.45, 7) is 1.81. The first kappa shape index (κ1) is 14.1. The maximum absolute atomic E-state index is 14.0.